The summed E-state index contributed by atoms with van der Waals surface area (Å²) in [4.78, 5) is 12.2. The summed E-state index contributed by atoms with van der Waals surface area (Å²) in [6, 6.07) is 3.60. The molecule has 0 bridgehead atoms. The third-order valence-electron chi connectivity index (χ3n) is 3.91. The zero-order valence-corrected chi connectivity index (χ0v) is 13.4. The van der Waals surface area contributed by atoms with E-state index in [0.717, 1.165) is 31.5 Å². The van der Waals surface area contributed by atoms with E-state index in [2.05, 4.69) is 10.6 Å². The Labute approximate surface area is 131 Å². The second kappa shape index (κ2) is 7.89. The van der Waals surface area contributed by atoms with Gasteiger partial charge in [0.2, 0.25) is 5.91 Å². The van der Waals surface area contributed by atoms with Crippen molar-refractivity contribution in [2.24, 2.45) is 5.92 Å². The Morgan fingerprint density at radius 2 is 1.86 bits per heavy atom. The number of carbonyl (C=O) groups is 1. The van der Waals surface area contributed by atoms with Crippen molar-refractivity contribution < 1.29 is 19.0 Å². The summed E-state index contributed by atoms with van der Waals surface area (Å²) in [7, 11) is 4.76. The van der Waals surface area contributed by atoms with Gasteiger partial charge >= 0.3 is 0 Å². The Morgan fingerprint density at radius 3 is 2.45 bits per heavy atom. The first-order valence-electron chi connectivity index (χ1n) is 7.47. The summed E-state index contributed by atoms with van der Waals surface area (Å²) in [6.07, 6.45) is 1.97. The first-order valence-corrected chi connectivity index (χ1v) is 7.47. The predicted octanol–water partition coefficient (Wildman–Crippen LogP) is 1.33. The van der Waals surface area contributed by atoms with Crippen LogP contribution in [0.5, 0.6) is 17.2 Å². The van der Waals surface area contributed by atoms with E-state index in [4.69, 9.17) is 14.2 Å². The largest absolute Gasteiger partial charge is 0.496 e. The van der Waals surface area contributed by atoms with Gasteiger partial charge in [-0.1, -0.05) is 0 Å². The third-order valence-corrected chi connectivity index (χ3v) is 3.91. The summed E-state index contributed by atoms with van der Waals surface area (Å²) in [5.74, 6) is 2.00. The minimum Gasteiger partial charge on any atom is -0.496 e. The molecule has 1 aliphatic heterocycles. The smallest absolute Gasteiger partial charge is 0.224 e. The van der Waals surface area contributed by atoms with Crippen LogP contribution in [0, 0.1) is 5.92 Å². The van der Waals surface area contributed by atoms with Crippen LogP contribution in [0.2, 0.25) is 0 Å². The lowest BCUT2D eigenvalue weighted by atomic mass is 9.99. The number of benzene rings is 1. The molecule has 6 nitrogen and oxygen atoms in total. The Balaban J connectivity index is 2.06. The van der Waals surface area contributed by atoms with Gasteiger partial charge in [0.1, 0.15) is 5.75 Å². The van der Waals surface area contributed by atoms with Crippen molar-refractivity contribution in [3.8, 4) is 17.2 Å². The Morgan fingerprint density at radius 1 is 1.18 bits per heavy atom. The van der Waals surface area contributed by atoms with Gasteiger partial charge in [-0.05, 0) is 25.5 Å². The fourth-order valence-corrected chi connectivity index (χ4v) is 2.63. The van der Waals surface area contributed by atoms with Crippen molar-refractivity contribution in [3.05, 3.63) is 17.7 Å². The van der Waals surface area contributed by atoms with E-state index >= 15 is 0 Å². The Kier molecular flexibility index (Phi) is 5.89. The van der Waals surface area contributed by atoms with E-state index in [1.54, 1.807) is 27.4 Å². The number of hydrogen-bond acceptors (Lipinski definition) is 5. The molecule has 122 valence electrons. The van der Waals surface area contributed by atoms with Crippen LogP contribution in [0.3, 0.4) is 0 Å². The van der Waals surface area contributed by atoms with Crippen molar-refractivity contribution in [2.75, 3.05) is 34.4 Å². The summed E-state index contributed by atoms with van der Waals surface area (Å²) < 4.78 is 15.9. The maximum Gasteiger partial charge on any atom is 0.224 e. The number of amides is 1. The fourth-order valence-electron chi connectivity index (χ4n) is 2.63. The van der Waals surface area contributed by atoms with E-state index in [1.165, 1.54) is 0 Å². The van der Waals surface area contributed by atoms with Crippen LogP contribution < -0.4 is 24.8 Å². The van der Waals surface area contributed by atoms with Gasteiger partial charge in [-0.2, -0.15) is 0 Å². The zero-order valence-electron chi connectivity index (χ0n) is 13.4. The maximum absolute atomic E-state index is 12.2. The summed E-state index contributed by atoms with van der Waals surface area (Å²) in [5, 5.41) is 6.22. The lowest BCUT2D eigenvalue weighted by molar-refractivity contribution is -0.125. The normalized spacial score (nSPS) is 17.7. The number of hydrogen-bond donors (Lipinski definition) is 2. The van der Waals surface area contributed by atoms with Gasteiger partial charge in [0.05, 0.1) is 27.2 Å². The molecule has 1 amide bonds. The molecule has 0 radical (unpaired) electrons. The quantitative estimate of drug-likeness (QED) is 0.830. The van der Waals surface area contributed by atoms with Crippen molar-refractivity contribution in [1.82, 2.24) is 10.6 Å². The lowest BCUT2D eigenvalue weighted by Gasteiger charge is -2.22. The molecule has 0 aliphatic carbocycles. The lowest BCUT2D eigenvalue weighted by Crippen LogP contribution is -2.40. The van der Waals surface area contributed by atoms with Crippen molar-refractivity contribution in [2.45, 2.75) is 19.4 Å². The Hall–Kier alpha value is -1.95. The summed E-state index contributed by atoms with van der Waals surface area (Å²) in [6.45, 7) is 2.14. The van der Waals surface area contributed by atoms with Crippen LogP contribution >= 0.6 is 0 Å². The molecule has 1 unspecified atom stereocenters. The van der Waals surface area contributed by atoms with Gasteiger partial charge in [0, 0.05) is 24.7 Å². The molecule has 1 atom stereocenters. The predicted molar refractivity (Wildman–Crippen MR) is 83.5 cm³/mol. The van der Waals surface area contributed by atoms with Crippen LogP contribution in [0.4, 0.5) is 0 Å². The van der Waals surface area contributed by atoms with Gasteiger partial charge in [-0.15, -0.1) is 0 Å². The van der Waals surface area contributed by atoms with E-state index < -0.39 is 0 Å². The topological polar surface area (TPSA) is 68.8 Å². The molecule has 1 aliphatic rings. The SMILES string of the molecule is COc1cc(OC)c(OC)cc1CNC(=O)C1CCCNC1. The van der Waals surface area contributed by atoms with Gasteiger partial charge in [0.25, 0.3) is 0 Å². The molecular weight excluding hydrogens is 284 g/mol. The third kappa shape index (κ3) is 3.82. The standard InChI is InChI=1S/C16H24N2O4/c1-20-13-8-15(22-3)14(21-2)7-12(13)10-18-16(19)11-5-4-6-17-9-11/h7-8,11,17H,4-6,9-10H2,1-3H3,(H,18,19). The number of nitrogens with one attached hydrogen (secondary N) is 2. The van der Waals surface area contributed by atoms with E-state index in [0.29, 0.717) is 23.8 Å². The van der Waals surface area contributed by atoms with Crippen LogP contribution in [0.1, 0.15) is 18.4 Å². The summed E-state index contributed by atoms with van der Waals surface area (Å²) in [5.41, 5.74) is 0.859. The summed E-state index contributed by atoms with van der Waals surface area (Å²) >= 11 is 0. The molecule has 1 aromatic rings. The van der Waals surface area contributed by atoms with Crippen molar-refractivity contribution in [3.63, 3.8) is 0 Å². The van der Waals surface area contributed by atoms with Crippen LogP contribution in [0.15, 0.2) is 12.1 Å². The first-order chi connectivity index (χ1) is 10.7. The highest BCUT2D eigenvalue weighted by molar-refractivity contribution is 5.79. The first kappa shape index (κ1) is 16.4. The highest BCUT2D eigenvalue weighted by atomic mass is 16.5. The average molecular weight is 308 g/mol. The van der Waals surface area contributed by atoms with Crippen molar-refractivity contribution in [1.29, 1.82) is 0 Å². The molecule has 1 fully saturated rings. The fraction of sp³-hybridized carbons (Fsp3) is 0.562. The molecule has 1 aromatic carbocycles. The van der Waals surface area contributed by atoms with Gasteiger partial charge in [-0.3, -0.25) is 4.79 Å². The molecule has 1 heterocycles. The highest BCUT2D eigenvalue weighted by Gasteiger charge is 2.21. The van der Waals surface area contributed by atoms with Crippen LogP contribution in [-0.2, 0) is 11.3 Å². The van der Waals surface area contributed by atoms with Gasteiger partial charge in [-0.25, -0.2) is 0 Å². The number of carbonyl (C=O) groups excluding carboxylic acids is 1. The Bertz CT molecular complexity index is 513. The van der Waals surface area contributed by atoms with E-state index in [9.17, 15) is 4.79 Å². The second-order valence-corrected chi connectivity index (χ2v) is 5.28. The maximum atomic E-state index is 12.2. The van der Waals surface area contributed by atoms with E-state index in [-0.39, 0.29) is 11.8 Å². The number of piperidine rings is 1. The monoisotopic (exact) mass is 308 g/mol. The minimum atomic E-state index is 0.0416. The molecule has 0 aromatic heterocycles. The van der Waals surface area contributed by atoms with Crippen molar-refractivity contribution >= 4 is 5.91 Å². The molecule has 1 saturated heterocycles. The molecule has 6 heteroatoms. The number of rotatable bonds is 6. The average Bonchev–Trinajstić information content (AvgIpc) is 2.59. The number of methoxy groups -OCH3 is 3. The van der Waals surface area contributed by atoms with Crippen LogP contribution in [0.25, 0.3) is 0 Å². The molecule has 2 rings (SSSR count). The molecule has 22 heavy (non-hydrogen) atoms. The second-order valence-electron chi connectivity index (χ2n) is 5.28. The molecule has 0 saturated carbocycles. The zero-order chi connectivity index (χ0) is 15.9. The number of ether oxygens (including phenoxy) is 3. The molecule has 2 N–H and O–H groups in total. The van der Waals surface area contributed by atoms with Gasteiger partial charge < -0.3 is 24.8 Å². The van der Waals surface area contributed by atoms with Gasteiger partial charge in [0.15, 0.2) is 11.5 Å². The molecular formula is C16H24N2O4. The minimum absolute atomic E-state index is 0.0416. The van der Waals surface area contributed by atoms with Crippen LogP contribution in [-0.4, -0.2) is 40.3 Å². The molecule has 0 spiro atoms. The van der Waals surface area contributed by atoms with E-state index in [1.807, 2.05) is 6.07 Å². The highest BCUT2D eigenvalue weighted by Crippen LogP contribution is 2.34.